The molecular weight excluding hydrogens is 346 g/mol. The van der Waals surface area contributed by atoms with Crippen LogP contribution in [0.1, 0.15) is 42.5 Å². The van der Waals surface area contributed by atoms with Gasteiger partial charge in [0.2, 0.25) is 5.92 Å². The summed E-state index contributed by atoms with van der Waals surface area (Å²) in [4.78, 5) is 16.9. The van der Waals surface area contributed by atoms with Crippen molar-refractivity contribution in [3.05, 3.63) is 34.9 Å². The van der Waals surface area contributed by atoms with Gasteiger partial charge in [0.25, 0.3) is 5.91 Å². The van der Waals surface area contributed by atoms with Gasteiger partial charge in [-0.2, -0.15) is 0 Å². The number of amides is 1. The Hall–Kier alpha value is -1.20. The minimum Gasteiger partial charge on any atom is -0.337 e. The number of benzene rings is 1. The van der Waals surface area contributed by atoms with Crippen molar-refractivity contribution in [1.82, 2.24) is 9.80 Å². The quantitative estimate of drug-likeness (QED) is 0.791. The standard InChI is InChI=1S/C19H25ClF2N2O/c20-17-5-2-1-4-16(17)18(25)24-11-3-10-23(12-13-24)14-15-6-8-19(21,22)9-7-15/h1-2,4-5,15H,3,6-14H2. The highest BCUT2D eigenvalue weighted by molar-refractivity contribution is 6.33. The van der Waals surface area contributed by atoms with E-state index in [1.165, 1.54) is 0 Å². The zero-order valence-electron chi connectivity index (χ0n) is 14.4. The van der Waals surface area contributed by atoms with Crippen LogP contribution in [0.15, 0.2) is 24.3 Å². The van der Waals surface area contributed by atoms with Gasteiger partial charge in [0, 0.05) is 39.0 Å². The van der Waals surface area contributed by atoms with E-state index < -0.39 is 5.92 Å². The molecule has 0 bridgehead atoms. The number of alkyl halides is 2. The molecule has 0 atom stereocenters. The molecule has 138 valence electrons. The first kappa shape index (κ1) is 18.6. The molecule has 0 unspecified atom stereocenters. The lowest BCUT2D eigenvalue weighted by Gasteiger charge is -2.32. The molecule has 1 amide bonds. The third-order valence-electron chi connectivity index (χ3n) is 5.33. The Bertz CT molecular complexity index is 601. The number of hydrogen-bond acceptors (Lipinski definition) is 2. The molecule has 0 spiro atoms. The van der Waals surface area contributed by atoms with Crippen LogP contribution in [0.2, 0.25) is 5.02 Å². The van der Waals surface area contributed by atoms with Gasteiger partial charge in [-0.15, -0.1) is 0 Å². The number of hydrogen-bond donors (Lipinski definition) is 0. The SMILES string of the molecule is O=C(c1ccccc1Cl)N1CCCN(CC2CCC(F)(F)CC2)CC1. The molecule has 3 rings (SSSR count). The van der Waals surface area contributed by atoms with Gasteiger partial charge in [0.1, 0.15) is 0 Å². The topological polar surface area (TPSA) is 23.6 Å². The van der Waals surface area contributed by atoms with Crippen molar-refractivity contribution >= 4 is 17.5 Å². The Morgan fingerprint density at radius 2 is 1.84 bits per heavy atom. The molecule has 2 aliphatic rings. The summed E-state index contributed by atoms with van der Waals surface area (Å²) in [6.07, 6.45) is 2.14. The van der Waals surface area contributed by atoms with E-state index in [-0.39, 0.29) is 18.7 Å². The molecule has 1 heterocycles. The van der Waals surface area contributed by atoms with Crippen LogP contribution in [0.25, 0.3) is 0 Å². The van der Waals surface area contributed by atoms with E-state index in [1.54, 1.807) is 12.1 Å². The first-order valence-corrected chi connectivity index (χ1v) is 9.46. The normalized spacial score (nSPS) is 22.6. The zero-order chi connectivity index (χ0) is 17.9. The van der Waals surface area contributed by atoms with Crippen molar-refractivity contribution in [3.8, 4) is 0 Å². The van der Waals surface area contributed by atoms with Crippen molar-refractivity contribution in [3.63, 3.8) is 0 Å². The van der Waals surface area contributed by atoms with Crippen molar-refractivity contribution in [2.45, 2.75) is 38.0 Å². The average molecular weight is 371 g/mol. The third kappa shape index (κ3) is 4.91. The summed E-state index contributed by atoms with van der Waals surface area (Å²) in [5, 5.41) is 0.483. The van der Waals surface area contributed by atoms with Gasteiger partial charge in [0.05, 0.1) is 10.6 Å². The largest absolute Gasteiger partial charge is 0.337 e. The Balaban J connectivity index is 1.52. The van der Waals surface area contributed by atoms with Crippen LogP contribution < -0.4 is 0 Å². The van der Waals surface area contributed by atoms with Gasteiger partial charge < -0.3 is 9.80 Å². The van der Waals surface area contributed by atoms with Gasteiger partial charge in [-0.25, -0.2) is 8.78 Å². The fourth-order valence-corrected chi connectivity index (χ4v) is 4.03. The summed E-state index contributed by atoms with van der Waals surface area (Å²) in [6.45, 7) is 3.95. The zero-order valence-corrected chi connectivity index (χ0v) is 15.2. The van der Waals surface area contributed by atoms with Crippen molar-refractivity contribution in [2.24, 2.45) is 5.92 Å². The molecule has 6 heteroatoms. The lowest BCUT2D eigenvalue weighted by atomic mass is 9.86. The van der Waals surface area contributed by atoms with E-state index in [9.17, 15) is 13.6 Å². The highest BCUT2D eigenvalue weighted by atomic mass is 35.5. The summed E-state index contributed by atoms with van der Waals surface area (Å²) >= 11 is 6.14. The molecule has 1 aromatic carbocycles. The second-order valence-electron chi connectivity index (χ2n) is 7.23. The number of carbonyl (C=O) groups excluding carboxylic acids is 1. The van der Waals surface area contributed by atoms with Gasteiger partial charge in [0.15, 0.2) is 0 Å². The summed E-state index contributed by atoms with van der Waals surface area (Å²) in [6, 6.07) is 7.13. The van der Waals surface area contributed by atoms with E-state index >= 15 is 0 Å². The summed E-state index contributed by atoms with van der Waals surface area (Å²) in [5.74, 6) is -2.14. The maximum Gasteiger partial charge on any atom is 0.255 e. The second kappa shape index (κ2) is 8.00. The minimum absolute atomic E-state index is 0.0165. The van der Waals surface area contributed by atoms with Crippen molar-refractivity contribution < 1.29 is 13.6 Å². The van der Waals surface area contributed by atoms with Crippen LogP contribution in [-0.4, -0.2) is 54.4 Å². The Morgan fingerprint density at radius 1 is 1.12 bits per heavy atom. The molecule has 1 saturated heterocycles. The number of rotatable bonds is 3. The van der Waals surface area contributed by atoms with Gasteiger partial charge in [-0.1, -0.05) is 23.7 Å². The van der Waals surface area contributed by atoms with Crippen molar-refractivity contribution in [1.29, 1.82) is 0 Å². The van der Waals surface area contributed by atoms with E-state index in [0.29, 0.717) is 42.4 Å². The molecule has 3 nitrogen and oxygen atoms in total. The molecule has 1 aliphatic carbocycles. The maximum absolute atomic E-state index is 13.3. The Morgan fingerprint density at radius 3 is 2.56 bits per heavy atom. The lowest BCUT2D eigenvalue weighted by Crippen LogP contribution is -2.38. The monoisotopic (exact) mass is 370 g/mol. The number of halogens is 3. The summed E-state index contributed by atoms with van der Waals surface area (Å²) in [5.41, 5.74) is 0.548. The third-order valence-corrected chi connectivity index (χ3v) is 5.66. The van der Waals surface area contributed by atoms with Gasteiger partial charge in [-0.05, 0) is 43.9 Å². The molecule has 0 N–H and O–H groups in total. The van der Waals surface area contributed by atoms with Crippen LogP contribution in [0.5, 0.6) is 0 Å². The fourth-order valence-electron chi connectivity index (χ4n) is 3.81. The van der Waals surface area contributed by atoms with Crippen LogP contribution in [0.4, 0.5) is 8.78 Å². The predicted octanol–water partition coefficient (Wildman–Crippen LogP) is 4.31. The molecule has 0 aromatic heterocycles. The van der Waals surface area contributed by atoms with Gasteiger partial charge >= 0.3 is 0 Å². The van der Waals surface area contributed by atoms with E-state index in [0.717, 1.165) is 26.1 Å². The Labute approximate surface area is 152 Å². The number of carbonyl (C=O) groups is 1. The highest BCUT2D eigenvalue weighted by Crippen LogP contribution is 2.36. The first-order chi connectivity index (χ1) is 11.9. The highest BCUT2D eigenvalue weighted by Gasteiger charge is 2.35. The molecule has 1 aliphatic heterocycles. The van der Waals surface area contributed by atoms with E-state index in [1.807, 2.05) is 17.0 Å². The lowest BCUT2D eigenvalue weighted by molar-refractivity contribution is -0.0487. The van der Waals surface area contributed by atoms with Crippen LogP contribution in [0, 0.1) is 5.92 Å². The average Bonchev–Trinajstić information content (AvgIpc) is 2.82. The molecule has 1 aromatic rings. The van der Waals surface area contributed by atoms with E-state index in [2.05, 4.69) is 4.90 Å². The van der Waals surface area contributed by atoms with Crippen LogP contribution in [0.3, 0.4) is 0 Å². The van der Waals surface area contributed by atoms with Crippen LogP contribution in [-0.2, 0) is 0 Å². The predicted molar refractivity (Wildman–Crippen MR) is 95.3 cm³/mol. The molecule has 2 fully saturated rings. The Kier molecular flexibility index (Phi) is 5.95. The molecular formula is C19H25ClF2N2O. The molecule has 0 radical (unpaired) electrons. The molecule has 1 saturated carbocycles. The fraction of sp³-hybridized carbons (Fsp3) is 0.632. The minimum atomic E-state index is -2.46. The van der Waals surface area contributed by atoms with Crippen molar-refractivity contribution in [2.75, 3.05) is 32.7 Å². The summed E-state index contributed by atoms with van der Waals surface area (Å²) in [7, 11) is 0. The second-order valence-corrected chi connectivity index (χ2v) is 7.63. The van der Waals surface area contributed by atoms with Gasteiger partial charge in [-0.3, -0.25) is 4.79 Å². The first-order valence-electron chi connectivity index (χ1n) is 9.09. The smallest absolute Gasteiger partial charge is 0.255 e. The van der Waals surface area contributed by atoms with E-state index in [4.69, 9.17) is 11.6 Å². The maximum atomic E-state index is 13.3. The molecule has 25 heavy (non-hydrogen) atoms. The van der Waals surface area contributed by atoms with Crippen LogP contribution >= 0.6 is 11.6 Å². The summed E-state index contributed by atoms with van der Waals surface area (Å²) < 4.78 is 26.6. The number of nitrogens with zero attached hydrogens (tertiary/aromatic N) is 2.